The highest BCUT2D eigenvalue weighted by Crippen LogP contribution is 2.36. The fourth-order valence-corrected chi connectivity index (χ4v) is 4.35. The molecule has 0 amide bonds. The van der Waals surface area contributed by atoms with Crippen molar-refractivity contribution in [2.45, 2.75) is 46.1 Å². The van der Waals surface area contributed by atoms with Gasteiger partial charge in [-0.15, -0.1) is 0 Å². The monoisotopic (exact) mass is 317 g/mol. The first-order valence-corrected chi connectivity index (χ1v) is 8.56. The minimum atomic E-state index is 0.448. The van der Waals surface area contributed by atoms with Gasteiger partial charge in [0.25, 0.3) is 0 Å². The number of halogens is 1. The number of nitrogens with zero attached hydrogens (tertiary/aromatic N) is 1. The summed E-state index contributed by atoms with van der Waals surface area (Å²) in [6.07, 6.45) is 3.82. The normalized spacial score (nSPS) is 37.7. The minimum Gasteiger partial charge on any atom is -0.381 e. The van der Waals surface area contributed by atoms with Crippen LogP contribution in [-0.4, -0.2) is 42.6 Å². The highest BCUT2D eigenvalue weighted by Gasteiger charge is 2.37. The lowest BCUT2D eigenvalue weighted by Gasteiger charge is -2.47. The Bertz CT molecular complexity index is 265. The van der Waals surface area contributed by atoms with Gasteiger partial charge in [0, 0.05) is 37.7 Å². The van der Waals surface area contributed by atoms with Gasteiger partial charge in [-0.05, 0) is 43.4 Å². The predicted octanol–water partition coefficient (Wildman–Crippen LogP) is 3.54. The van der Waals surface area contributed by atoms with Gasteiger partial charge in [-0.3, -0.25) is 4.90 Å². The van der Waals surface area contributed by atoms with Gasteiger partial charge in [-0.2, -0.15) is 0 Å². The molecule has 2 nitrogen and oxygen atoms in total. The van der Waals surface area contributed by atoms with Crippen LogP contribution < -0.4 is 0 Å². The number of hydrogen-bond donors (Lipinski definition) is 0. The number of piperidine rings is 1. The van der Waals surface area contributed by atoms with Crippen molar-refractivity contribution >= 4 is 15.9 Å². The second-order valence-electron chi connectivity index (χ2n) is 6.73. The quantitative estimate of drug-likeness (QED) is 0.738. The third-order valence-electron chi connectivity index (χ3n) is 5.10. The van der Waals surface area contributed by atoms with Crippen LogP contribution in [0, 0.1) is 17.3 Å². The topological polar surface area (TPSA) is 12.5 Å². The maximum absolute atomic E-state index is 5.55. The third-order valence-corrected chi connectivity index (χ3v) is 6.28. The molecule has 0 bridgehead atoms. The van der Waals surface area contributed by atoms with E-state index in [1.54, 1.807) is 0 Å². The molecule has 0 aromatic rings. The molecule has 0 N–H and O–H groups in total. The molecule has 2 rings (SSSR count). The molecule has 0 aromatic carbocycles. The van der Waals surface area contributed by atoms with E-state index in [4.69, 9.17) is 4.74 Å². The lowest BCUT2D eigenvalue weighted by atomic mass is 9.79. The van der Waals surface area contributed by atoms with Gasteiger partial charge in [0.1, 0.15) is 0 Å². The fraction of sp³-hybridized carbons (Fsp3) is 1.00. The molecule has 0 aliphatic carbocycles. The fourth-order valence-electron chi connectivity index (χ4n) is 3.61. The molecule has 106 valence electrons. The van der Waals surface area contributed by atoms with Crippen LogP contribution in [0.1, 0.15) is 40.0 Å². The van der Waals surface area contributed by atoms with Gasteiger partial charge in [-0.25, -0.2) is 0 Å². The Kier molecular flexibility index (Phi) is 5.13. The molecule has 3 unspecified atom stereocenters. The van der Waals surface area contributed by atoms with Crippen LogP contribution in [-0.2, 0) is 4.74 Å². The van der Waals surface area contributed by atoms with Crippen molar-refractivity contribution in [2.24, 2.45) is 17.3 Å². The predicted molar refractivity (Wildman–Crippen MR) is 80.3 cm³/mol. The molecule has 0 radical (unpaired) electrons. The second-order valence-corrected chi connectivity index (χ2v) is 7.29. The van der Waals surface area contributed by atoms with Gasteiger partial charge in [-0.1, -0.05) is 29.8 Å². The Balaban J connectivity index is 2.01. The van der Waals surface area contributed by atoms with Crippen molar-refractivity contribution in [3.63, 3.8) is 0 Å². The summed E-state index contributed by atoms with van der Waals surface area (Å²) >= 11 is 3.76. The molecule has 2 heterocycles. The maximum Gasteiger partial charge on any atom is 0.0472 e. The first-order chi connectivity index (χ1) is 8.56. The van der Waals surface area contributed by atoms with Crippen molar-refractivity contribution in [1.82, 2.24) is 4.90 Å². The van der Waals surface area contributed by atoms with Gasteiger partial charge in [0.05, 0.1) is 0 Å². The summed E-state index contributed by atoms with van der Waals surface area (Å²) in [5.41, 5.74) is 0.448. The van der Waals surface area contributed by atoms with Crippen molar-refractivity contribution in [3.05, 3.63) is 0 Å². The van der Waals surface area contributed by atoms with E-state index < -0.39 is 0 Å². The second kappa shape index (κ2) is 6.23. The molecular formula is C15H28BrNO. The summed E-state index contributed by atoms with van der Waals surface area (Å²) < 4.78 is 5.55. The van der Waals surface area contributed by atoms with E-state index in [2.05, 4.69) is 41.6 Å². The summed E-state index contributed by atoms with van der Waals surface area (Å²) in [6, 6.07) is 0.736. The van der Waals surface area contributed by atoms with Crippen molar-refractivity contribution in [2.75, 3.05) is 31.6 Å². The molecule has 2 fully saturated rings. The zero-order valence-electron chi connectivity index (χ0n) is 12.1. The summed E-state index contributed by atoms with van der Waals surface area (Å²) in [5.74, 6) is 1.68. The number of likely N-dealkylation sites (tertiary alicyclic amines) is 1. The number of ether oxygens (including phenoxy) is 1. The lowest BCUT2D eigenvalue weighted by molar-refractivity contribution is -0.0181. The van der Waals surface area contributed by atoms with Gasteiger partial charge >= 0.3 is 0 Å². The molecule has 2 saturated heterocycles. The maximum atomic E-state index is 5.55. The molecular weight excluding hydrogens is 290 g/mol. The molecule has 18 heavy (non-hydrogen) atoms. The Morgan fingerprint density at radius 1 is 1.22 bits per heavy atom. The number of alkyl halides is 1. The van der Waals surface area contributed by atoms with Crippen LogP contribution in [0.3, 0.4) is 0 Å². The van der Waals surface area contributed by atoms with E-state index in [9.17, 15) is 0 Å². The standard InChI is InChI=1S/C15H28BrNO/c1-12-8-13(2)14(3)17(9-12)11-15(10-16)4-6-18-7-5-15/h12-14H,4-11H2,1-3H3. The molecule has 0 saturated carbocycles. The SMILES string of the molecule is CC1CC(C)C(C)N(CC2(CBr)CCOCC2)C1. The summed E-state index contributed by atoms with van der Waals surface area (Å²) in [6.45, 7) is 11.6. The molecule has 3 heteroatoms. The highest BCUT2D eigenvalue weighted by atomic mass is 79.9. The van der Waals surface area contributed by atoms with E-state index in [1.165, 1.54) is 32.4 Å². The van der Waals surface area contributed by atoms with E-state index in [0.29, 0.717) is 5.41 Å². The van der Waals surface area contributed by atoms with Gasteiger partial charge in [0.2, 0.25) is 0 Å². The first-order valence-electron chi connectivity index (χ1n) is 7.44. The van der Waals surface area contributed by atoms with Crippen molar-refractivity contribution in [1.29, 1.82) is 0 Å². The van der Waals surface area contributed by atoms with E-state index in [0.717, 1.165) is 36.4 Å². The molecule has 0 spiro atoms. The van der Waals surface area contributed by atoms with Gasteiger partial charge in [0.15, 0.2) is 0 Å². The third kappa shape index (κ3) is 3.29. The van der Waals surface area contributed by atoms with Crippen LogP contribution in [0.2, 0.25) is 0 Å². The van der Waals surface area contributed by atoms with Crippen LogP contribution in [0.5, 0.6) is 0 Å². The highest BCUT2D eigenvalue weighted by molar-refractivity contribution is 9.09. The van der Waals surface area contributed by atoms with Crippen LogP contribution in [0.25, 0.3) is 0 Å². The van der Waals surface area contributed by atoms with E-state index in [-0.39, 0.29) is 0 Å². The van der Waals surface area contributed by atoms with Crippen LogP contribution in [0.15, 0.2) is 0 Å². The smallest absolute Gasteiger partial charge is 0.0472 e. The lowest BCUT2D eigenvalue weighted by Crippen LogP contribution is -2.52. The van der Waals surface area contributed by atoms with Gasteiger partial charge < -0.3 is 4.74 Å². The zero-order valence-corrected chi connectivity index (χ0v) is 13.7. The molecule has 2 aliphatic rings. The van der Waals surface area contributed by atoms with Crippen LogP contribution >= 0.6 is 15.9 Å². The van der Waals surface area contributed by atoms with Crippen molar-refractivity contribution < 1.29 is 4.74 Å². The Morgan fingerprint density at radius 3 is 2.50 bits per heavy atom. The number of rotatable bonds is 3. The summed E-state index contributed by atoms with van der Waals surface area (Å²) in [7, 11) is 0. The molecule has 2 aliphatic heterocycles. The first kappa shape index (κ1) is 14.8. The Hall–Kier alpha value is 0.400. The summed E-state index contributed by atoms with van der Waals surface area (Å²) in [4.78, 5) is 2.74. The van der Waals surface area contributed by atoms with Crippen LogP contribution in [0.4, 0.5) is 0 Å². The average Bonchev–Trinajstić information content (AvgIpc) is 2.36. The largest absolute Gasteiger partial charge is 0.381 e. The van der Waals surface area contributed by atoms with E-state index >= 15 is 0 Å². The molecule has 3 atom stereocenters. The average molecular weight is 318 g/mol. The van der Waals surface area contributed by atoms with E-state index in [1.807, 2.05) is 0 Å². The zero-order chi connectivity index (χ0) is 13.2. The minimum absolute atomic E-state index is 0.448. The Labute approximate surface area is 121 Å². The number of hydrogen-bond acceptors (Lipinski definition) is 2. The summed E-state index contributed by atoms with van der Waals surface area (Å²) in [5, 5.41) is 1.12. The van der Waals surface area contributed by atoms with Crippen molar-refractivity contribution in [3.8, 4) is 0 Å². The Morgan fingerprint density at radius 2 is 1.89 bits per heavy atom. The molecule has 0 aromatic heterocycles.